The minimum Gasteiger partial charge on any atom is -0.550 e. The number of carboxylic acids is 2. The molecule has 0 fully saturated rings. The smallest absolute Gasteiger partial charge is 0.550 e. The number of carbonyl (C=O) groups is 4. The van der Waals surface area contributed by atoms with Gasteiger partial charge in [-0.2, -0.15) is 0 Å². The minimum atomic E-state index is -2.97. The molecule has 0 aromatic rings. The molecule has 1 atom stereocenters. The van der Waals surface area contributed by atoms with Gasteiger partial charge in [0.2, 0.25) is 0 Å². The fourth-order valence-corrected chi connectivity index (χ4v) is 3.54. The van der Waals surface area contributed by atoms with Crippen LogP contribution in [0.15, 0.2) is 0 Å². The first-order valence-electron chi connectivity index (χ1n) is 12.1. The molecule has 0 spiro atoms. The zero-order chi connectivity index (χ0) is 24.2. The molecule has 8 nitrogen and oxygen atoms in total. The molecule has 186 valence electrons. The number of aliphatic hydroxyl groups is 1. The number of carboxylic acid groups (broad SMARTS) is 2. The van der Waals surface area contributed by atoms with Gasteiger partial charge in [0, 0.05) is 18.8 Å². The van der Waals surface area contributed by atoms with Gasteiger partial charge in [-0.3, -0.25) is 9.59 Å². The van der Waals surface area contributed by atoms with E-state index in [4.69, 9.17) is 0 Å². The second-order valence-electron chi connectivity index (χ2n) is 8.59. The van der Waals surface area contributed by atoms with E-state index in [1.165, 1.54) is 70.6 Å². The Morgan fingerprint density at radius 2 is 1.06 bits per heavy atom. The Morgan fingerprint density at radius 3 is 1.42 bits per heavy atom. The van der Waals surface area contributed by atoms with Gasteiger partial charge in [0.15, 0.2) is 0 Å². The second kappa shape index (κ2) is 21.8. The molecule has 0 aromatic carbocycles. The van der Waals surface area contributed by atoms with Crippen LogP contribution in [0.2, 0.25) is 0 Å². The zero-order valence-corrected chi connectivity index (χ0v) is 22.4. The predicted octanol–water partition coefficient (Wildman–Crippen LogP) is 1.95. The third-order valence-electron chi connectivity index (χ3n) is 5.47. The standard InChI is InChI=1S/C24H42O8.Ca/c1-2-3-4-5-6-7-8-9-10-11-12-13-14-15-16-17-21(27)32-22(28)19-24(31,23(29)30)18-20(25)26;/h31H,2-19H2,1H3,(H,25,26)(H,29,30);/q;+2/p-2. The van der Waals surface area contributed by atoms with E-state index in [0.717, 1.165) is 19.3 Å². The summed E-state index contributed by atoms with van der Waals surface area (Å²) in [6.45, 7) is 2.23. The average Bonchev–Trinajstić information content (AvgIpc) is 2.69. The summed E-state index contributed by atoms with van der Waals surface area (Å²) >= 11 is 0. The van der Waals surface area contributed by atoms with E-state index in [-0.39, 0.29) is 44.2 Å². The predicted molar refractivity (Wildman–Crippen MR) is 121 cm³/mol. The summed E-state index contributed by atoms with van der Waals surface area (Å²) < 4.78 is 4.45. The van der Waals surface area contributed by atoms with Gasteiger partial charge in [-0.15, -0.1) is 0 Å². The summed E-state index contributed by atoms with van der Waals surface area (Å²) in [5, 5.41) is 31.0. The molecule has 0 saturated heterocycles. The monoisotopic (exact) mass is 496 g/mol. The fourth-order valence-electron chi connectivity index (χ4n) is 3.54. The van der Waals surface area contributed by atoms with Gasteiger partial charge in [0.25, 0.3) is 0 Å². The zero-order valence-electron chi connectivity index (χ0n) is 20.2. The van der Waals surface area contributed by atoms with Crippen molar-refractivity contribution in [2.24, 2.45) is 0 Å². The molecule has 0 bridgehead atoms. The van der Waals surface area contributed by atoms with Gasteiger partial charge in [-0.25, -0.2) is 0 Å². The van der Waals surface area contributed by atoms with Crippen LogP contribution < -0.4 is 10.2 Å². The Labute approximate surface area is 227 Å². The van der Waals surface area contributed by atoms with Crippen LogP contribution >= 0.6 is 0 Å². The second-order valence-corrected chi connectivity index (χ2v) is 8.59. The van der Waals surface area contributed by atoms with Gasteiger partial charge < -0.3 is 29.6 Å². The van der Waals surface area contributed by atoms with E-state index < -0.39 is 42.3 Å². The van der Waals surface area contributed by atoms with E-state index in [1.54, 1.807) is 0 Å². The van der Waals surface area contributed by atoms with Gasteiger partial charge in [-0.05, 0) is 6.42 Å². The van der Waals surface area contributed by atoms with E-state index in [0.29, 0.717) is 6.42 Å². The van der Waals surface area contributed by atoms with Crippen molar-refractivity contribution in [3.8, 4) is 0 Å². The van der Waals surface area contributed by atoms with E-state index in [1.807, 2.05) is 0 Å². The van der Waals surface area contributed by atoms with E-state index in [9.17, 15) is 34.5 Å². The molecule has 0 aromatic heterocycles. The number of aliphatic carboxylic acids is 2. The molecule has 1 unspecified atom stereocenters. The van der Waals surface area contributed by atoms with Crippen molar-refractivity contribution in [1.29, 1.82) is 0 Å². The molecule has 33 heavy (non-hydrogen) atoms. The summed E-state index contributed by atoms with van der Waals surface area (Å²) in [5.41, 5.74) is -2.97. The number of hydrogen-bond donors (Lipinski definition) is 1. The Bertz CT molecular complexity index is 567. The van der Waals surface area contributed by atoms with Gasteiger partial charge >= 0.3 is 49.7 Å². The summed E-state index contributed by atoms with van der Waals surface area (Å²) in [6, 6.07) is 0. The van der Waals surface area contributed by atoms with Crippen molar-refractivity contribution in [2.75, 3.05) is 0 Å². The molecule has 0 aliphatic rings. The van der Waals surface area contributed by atoms with Crippen molar-refractivity contribution >= 4 is 61.6 Å². The molecule has 0 aliphatic heterocycles. The first kappa shape index (κ1) is 34.5. The molecule has 0 rings (SSSR count). The summed E-state index contributed by atoms with van der Waals surface area (Å²) in [6.07, 6.45) is 15.2. The van der Waals surface area contributed by atoms with Crippen LogP contribution in [-0.2, 0) is 23.9 Å². The quantitative estimate of drug-likeness (QED) is 0.110. The third kappa shape index (κ3) is 20.4. The van der Waals surface area contributed by atoms with Crippen molar-refractivity contribution < 1.29 is 39.2 Å². The van der Waals surface area contributed by atoms with Crippen molar-refractivity contribution in [2.45, 2.75) is 128 Å². The van der Waals surface area contributed by atoms with Crippen LogP contribution in [0.1, 0.15) is 122 Å². The molecule has 9 heteroatoms. The molecule has 1 N–H and O–H groups in total. The molecule has 0 radical (unpaired) electrons. The van der Waals surface area contributed by atoms with Crippen LogP contribution in [0.25, 0.3) is 0 Å². The van der Waals surface area contributed by atoms with Crippen molar-refractivity contribution in [3.63, 3.8) is 0 Å². The molecule has 0 heterocycles. The molecule has 0 amide bonds. The fraction of sp³-hybridized carbons (Fsp3) is 0.833. The van der Waals surface area contributed by atoms with Crippen molar-refractivity contribution in [1.82, 2.24) is 0 Å². The van der Waals surface area contributed by atoms with Crippen LogP contribution in [0.3, 0.4) is 0 Å². The number of unbranched alkanes of at least 4 members (excludes halogenated alkanes) is 14. The maximum absolute atomic E-state index is 11.6. The summed E-state index contributed by atoms with van der Waals surface area (Å²) in [4.78, 5) is 44.6. The van der Waals surface area contributed by atoms with Crippen LogP contribution in [0.4, 0.5) is 0 Å². The first-order valence-corrected chi connectivity index (χ1v) is 12.1. The average molecular weight is 497 g/mol. The normalized spacial score (nSPS) is 12.4. The van der Waals surface area contributed by atoms with Crippen LogP contribution in [-0.4, -0.2) is 72.3 Å². The Balaban J connectivity index is 0. The molecular formula is C24H40CaO8. The van der Waals surface area contributed by atoms with Gasteiger partial charge in [0.05, 0.1) is 12.4 Å². The Morgan fingerprint density at radius 1 is 0.667 bits per heavy atom. The first-order chi connectivity index (χ1) is 15.2. The molecular weight excluding hydrogens is 456 g/mol. The van der Waals surface area contributed by atoms with E-state index in [2.05, 4.69) is 11.7 Å². The van der Waals surface area contributed by atoms with Gasteiger partial charge in [-0.1, -0.05) is 96.8 Å². The number of ether oxygens (including phenoxy) is 1. The van der Waals surface area contributed by atoms with Crippen LogP contribution in [0.5, 0.6) is 0 Å². The molecule has 0 aliphatic carbocycles. The largest absolute Gasteiger partial charge is 2.00 e. The maximum Gasteiger partial charge on any atom is 2.00 e. The minimum absolute atomic E-state index is 0. The number of esters is 2. The number of hydrogen-bond acceptors (Lipinski definition) is 8. The van der Waals surface area contributed by atoms with E-state index >= 15 is 0 Å². The Hall–Kier alpha value is -0.700. The summed E-state index contributed by atoms with van der Waals surface area (Å²) in [5.74, 6) is -6.16. The Kier molecular flexibility index (Phi) is 22.8. The third-order valence-corrected chi connectivity index (χ3v) is 5.47. The topological polar surface area (TPSA) is 144 Å². The number of rotatable bonds is 21. The van der Waals surface area contributed by atoms with Crippen molar-refractivity contribution in [3.05, 3.63) is 0 Å². The summed E-state index contributed by atoms with van der Waals surface area (Å²) in [7, 11) is 0. The molecule has 0 saturated carbocycles. The number of carbonyl (C=O) groups excluding carboxylic acids is 4. The maximum atomic E-state index is 11.6. The van der Waals surface area contributed by atoms with Crippen LogP contribution in [0, 0.1) is 0 Å². The SMILES string of the molecule is CCCCCCCCCCCCCCCCCC(=O)OC(=O)CC(O)(CC(=O)[O-])C(=O)[O-].[Ca+2]. The van der Waals surface area contributed by atoms with Gasteiger partial charge in [0.1, 0.15) is 5.60 Å².